The molecule has 1 unspecified atom stereocenters. The van der Waals surface area contributed by atoms with Crippen LogP contribution in [0.1, 0.15) is 41.6 Å². The molecule has 1 aromatic heterocycles. The number of amides is 1. The molecule has 1 atom stereocenters. The molecule has 2 heterocycles. The number of hydrogen-bond acceptors (Lipinski definition) is 5. The number of rotatable bonds is 7. The van der Waals surface area contributed by atoms with Gasteiger partial charge in [-0.1, -0.05) is 18.2 Å². The number of esters is 1. The van der Waals surface area contributed by atoms with Crippen molar-refractivity contribution in [3.05, 3.63) is 46.3 Å². The summed E-state index contributed by atoms with van der Waals surface area (Å²) in [5.41, 5.74) is 1.61. The molecule has 7 heteroatoms. The summed E-state index contributed by atoms with van der Waals surface area (Å²) in [5, 5.41) is 3.60. The van der Waals surface area contributed by atoms with Gasteiger partial charge < -0.3 is 15.0 Å². The zero-order valence-corrected chi connectivity index (χ0v) is 18.2. The zero-order chi connectivity index (χ0) is 20.1. The van der Waals surface area contributed by atoms with Crippen LogP contribution in [-0.2, 0) is 22.5 Å². The number of carbonyl (C=O) groups is 2. The molecule has 3 rings (SSSR count). The lowest BCUT2D eigenvalue weighted by molar-refractivity contribution is -0.936. The van der Waals surface area contributed by atoms with Crippen LogP contribution in [0.2, 0.25) is 0 Å². The first-order valence-electron chi connectivity index (χ1n) is 9.63. The lowest BCUT2D eigenvalue weighted by Crippen LogP contribution is -3.14. The third kappa shape index (κ3) is 4.96. The highest BCUT2D eigenvalue weighted by Gasteiger charge is 2.32. The van der Waals surface area contributed by atoms with Gasteiger partial charge >= 0.3 is 5.97 Å². The molecule has 0 spiro atoms. The predicted octanol–water partition coefficient (Wildman–Crippen LogP) is 3.01. The van der Waals surface area contributed by atoms with Gasteiger partial charge in [-0.15, -0.1) is 23.1 Å². The van der Waals surface area contributed by atoms with Gasteiger partial charge in [-0.25, -0.2) is 4.79 Å². The Bertz CT molecular complexity index is 834. The van der Waals surface area contributed by atoms with E-state index in [-0.39, 0.29) is 11.9 Å². The Hall–Kier alpha value is -1.83. The Morgan fingerprint density at radius 3 is 2.71 bits per heavy atom. The molecule has 28 heavy (non-hydrogen) atoms. The molecule has 0 saturated heterocycles. The highest BCUT2D eigenvalue weighted by atomic mass is 32.2. The van der Waals surface area contributed by atoms with Crippen molar-refractivity contribution >= 4 is 40.0 Å². The summed E-state index contributed by atoms with van der Waals surface area (Å²) in [4.78, 5) is 28.8. The smallest absolute Gasteiger partial charge is 0.341 e. The van der Waals surface area contributed by atoms with E-state index in [4.69, 9.17) is 4.74 Å². The monoisotopic (exact) mass is 419 g/mol. The van der Waals surface area contributed by atoms with Gasteiger partial charge in [0.25, 0.3) is 0 Å². The Balaban J connectivity index is 1.77. The number of thioether (sulfide) groups is 1. The van der Waals surface area contributed by atoms with Gasteiger partial charge in [0, 0.05) is 11.3 Å². The first-order valence-corrected chi connectivity index (χ1v) is 11.4. The maximum atomic E-state index is 12.6. The quantitative estimate of drug-likeness (QED) is 0.535. The molecule has 2 aromatic rings. The van der Waals surface area contributed by atoms with Crippen molar-refractivity contribution in [3.63, 3.8) is 0 Å². The predicted molar refractivity (Wildman–Crippen MR) is 114 cm³/mol. The first kappa shape index (κ1) is 20.9. The van der Waals surface area contributed by atoms with Crippen molar-refractivity contribution in [1.82, 2.24) is 0 Å². The second kappa shape index (κ2) is 9.58. The van der Waals surface area contributed by atoms with E-state index in [0.29, 0.717) is 29.0 Å². The van der Waals surface area contributed by atoms with Crippen molar-refractivity contribution in [2.45, 2.75) is 44.7 Å². The summed E-state index contributed by atoms with van der Waals surface area (Å²) < 4.78 is 5.28. The minimum absolute atomic E-state index is 0.105. The molecule has 1 amide bonds. The molecular formula is C21H27N2O3S2+. The average molecular weight is 420 g/mol. The molecular weight excluding hydrogens is 392 g/mol. The van der Waals surface area contributed by atoms with Crippen LogP contribution in [0.3, 0.4) is 0 Å². The maximum absolute atomic E-state index is 12.6. The van der Waals surface area contributed by atoms with Gasteiger partial charge in [-0.3, -0.25) is 4.79 Å². The van der Waals surface area contributed by atoms with Gasteiger partial charge in [0.05, 0.1) is 35.4 Å². The zero-order valence-electron chi connectivity index (χ0n) is 16.5. The first-order chi connectivity index (χ1) is 13.5. The highest BCUT2D eigenvalue weighted by Crippen LogP contribution is 2.35. The molecule has 150 valence electrons. The number of hydrogen-bond donors (Lipinski definition) is 2. The van der Waals surface area contributed by atoms with Crippen molar-refractivity contribution < 1.29 is 19.2 Å². The fourth-order valence-electron chi connectivity index (χ4n) is 3.33. The van der Waals surface area contributed by atoms with E-state index in [9.17, 15) is 9.59 Å². The summed E-state index contributed by atoms with van der Waals surface area (Å²) >= 11 is 3.01. The van der Waals surface area contributed by atoms with E-state index in [0.717, 1.165) is 30.0 Å². The molecule has 1 aliphatic rings. The van der Waals surface area contributed by atoms with Crippen LogP contribution in [0.5, 0.6) is 0 Å². The summed E-state index contributed by atoms with van der Waals surface area (Å²) in [5.74, 6) is -0.136. The largest absolute Gasteiger partial charge is 0.462 e. The average Bonchev–Trinajstić information content (AvgIpc) is 3.04. The standard InChI is InChI=1S/C21H26N2O3S2/c1-4-26-21(25)19-16-10-11-23(14(2)3)12-17(16)28-20(19)22-18(24)13-27-15-8-6-5-7-9-15/h5-9,14H,4,10-13H2,1-3H3,(H,22,24)/p+1. The van der Waals surface area contributed by atoms with E-state index in [1.807, 2.05) is 30.3 Å². The van der Waals surface area contributed by atoms with E-state index in [2.05, 4.69) is 19.2 Å². The molecule has 0 aliphatic carbocycles. The summed E-state index contributed by atoms with van der Waals surface area (Å²) in [6.45, 7) is 8.43. The number of fused-ring (bicyclic) bond motifs is 1. The lowest BCUT2D eigenvalue weighted by atomic mass is 10.0. The Morgan fingerprint density at radius 1 is 1.29 bits per heavy atom. The molecule has 0 bridgehead atoms. The SMILES string of the molecule is CCOC(=O)c1c(NC(=O)CSc2ccccc2)sc2c1CC[NH+](C(C)C)C2. The normalized spacial score (nSPS) is 15.9. The van der Waals surface area contributed by atoms with Crippen LogP contribution < -0.4 is 10.2 Å². The second-order valence-electron chi connectivity index (χ2n) is 7.07. The highest BCUT2D eigenvalue weighted by molar-refractivity contribution is 8.00. The van der Waals surface area contributed by atoms with Gasteiger partial charge in [0.1, 0.15) is 11.5 Å². The molecule has 0 radical (unpaired) electrons. The number of benzene rings is 1. The van der Waals surface area contributed by atoms with Gasteiger partial charge in [0.15, 0.2) is 0 Å². The fourth-order valence-corrected chi connectivity index (χ4v) is 5.35. The van der Waals surface area contributed by atoms with Crippen LogP contribution in [0.25, 0.3) is 0 Å². The van der Waals surface area contributed by atoms with E-state index in [1.165, 1.54) is 32.9 Å². The Kier molecular flexibility index (Phi) is 7.15. The lowest BCUT2D eigenvalue weighted by Gasteiger charge is -2.27. The van der Waals surface area contributed by atoms with Crippen LogP contribution in [0.15, 0.2) is 35.2 Å². The Morgan fingerprint density at radius 2 is 2.04 bits per heavy atom. The summed E-state index contributed by atoms with van der Waals surface area (Å²) in [6.07, 6.45) is 0.835. The molecule has 0 saturated carbocycles. The Labute approximate surface area is 174 Å². The number of thiophene rings is 1. The minimum Gasteiger partial charge on any atom is -0.462 e. The van der Waals surface area contributed by atoms with Gasteiger partial charge in [-0.05, 0) is 38.5 Å². The van der Waals surface area contributed by atoms with Crippen LogP contribution >= 0.6 is 23.1 Å². The number of ether oxygens (including phenoxy) is 1. The topological polar surface area (TPSA) is 59.8 Å². The maximum Gasteiger partial charge on any atom is 0.341 e. The van der Waals surface area contributed by atoms with Gasteiger partial charge in [0.2, 0.25) is 5.91 Å². The molecule has 5 nitrogen and oxygen atoms in total. The van der Waals surface area contributed by atoms with Crippen molar-refractivity contribution in [2.24, 2.45) is 0 Å². The van der Waals surface area contributed by atoms with E-state index in [1.54, 1.807) is 6.92 Å². The number of carbonyl (C=O) groups excluding carboxylic acids is 2. The molecule has 0 fully saturated rings. The van der Waals surface area contributed by atoms with Crippen LogP contribution in [0.4, 0.5) is 5.00 Å². The van der Waals surface area contributed by atoms with Crippen LogP contribution in [0, 0.1) is 0 Å². The molecule has 1 aliphatic heterocycles. The third-order valence-electron chi connectivity index (χ3n) is 4.84. The third-order valence-corrected chi connectivity index (χ3v) is 7.00. The molecule has 1 aromatic carbocycles. The minimum atomic E-state index is -0.334. The molecule has 2 N–H and O–H groups in total. The second-order valence-corrected chi connectivity index (χ2v) is 9.22. The number of quaternary nitrogens is 1. The van der Waals surface area contributed by atoms with E-state index >= 15 is 0 Å². The van der Waals surface area contributed by atoms with E-state index < -0.39 is 0 Å². The number of nitrogens with one attached hydrogen (secondary N) is 2. The number of anilines is 1. The summed E-state index contributed by atoms with van der Waals surface area (Å²) in [7, 11) is 0. The van der Waals surface area contributed by atoms with Crippen molar-refractivity contribution in [2.75, 3.05) is 24.2 Å². The van der Waals surface area contributed by atoms with Gasteiger partial charge in [-0.2, -0.15) is 0 Å². The van der Waals surface area contributed by atoms with Crippen molar-refractivity contribution in [3.8, 4) is 0 Å². The van der Waals surface area contributed by atoms with Crippen LogP contribution in [-0.4, -0.2) is 36.8 Å². The fraction of sp³-hybridized carbons (Fsp3) is 0.429. The van der Waals surface area contributed by atoms with Crippen molar-refractivity contribution in [1.29, 1.82) is 0 Å². The summed E-state index contributed by atoms with van der Waals surface area (Å²) in [6, 6.07) is 10.4.